The Kier molecular flexibility index (Phi) is 9.43. The molecule has 2 N–H and O–H groups in total. The van der Waals surface area contributed by atoms with Crippen molar-refractivity contribution >= 4 is 29.9 Å². The van der Waals surface area contributed by atoms with Gasteiger partial charge in [0.05, 0.1) is 6.26 Å². The van der Waals surface area contributed by atoms with Gasteiger partial charge < -0.3 is 15.1 Å². The summed E-state index contributed by atoms with van der Waals surface area (Å²) in [4.78, 5) is 4.57. The number of nitrogens with one attached hydrogen (secondary N) is 2. The fraction of sp³-hybridized carbons (Fsp3) is 0.389. The van der Waals surface area contributed by atoms with Crippen molar-refractivity contribution in [1.82, 2.24) is 10.6 Å². The van der Waals surface area contributed by atoms with Crippen LogP contribution in [0.2, 0.25) is 0 Å². The molecule has 0 spiro atoms. The fourth-order valence-corrected chi connectivity index (χ4v) is 2.15. The summed E-state index contributed by atoms with van der Waals surface area (Å²) in [5.41, 5.74) is 2.63. The minimum absolute atomic E-state index is 0. The summed E-state index contributed by atoms with van der Waals surface area (Å²) < 4.78 is 5.31. The number of hydrogen-bond donors (Lipinski definition) is 2. The van der Waals surface area contributed by atoms with Crippen molar-refractivity contribution in [2.24, 2.45) is 4.99 Å². The number of nitrogens with zero attached hydrogens (tertiary/aromatic N) is 1. The van der Waals surface area contributed by atoms with Gasteiger partial charge in [-0.05, 0) is 38.0 Å². The van der Waals surface area contributed by atoms with Gasteiger partial charge in [0, 0.05) is 26.1 Å². The summed E-state index contributed by atoms with van der Waals surface area (Å²) in [7, 11) is 0. The van der Waals surface area contributed by atoms with E-state index in [1.165, 1.54) is 11.1 Å². The Morgan fingerprint density at radius 1 is 1.09 bits per heavy atom. The third-order valence-electron chi connectivity index (χ3n) is 3.38. The summed E-state index contributed by atoms with van der Waals surface area (Å²) >= 11 is 0. The monoisotopic (exact) mass is 427 g/mol. The van der Waals surface area contributed by atoms with E-state index in [-0.39, 0.29) is 24.0 Å². The van der Waals surface area contributed by atoms with Crippen LogP contribution < -0.4 is 10.6 Å². The Hall–Kier alpha value is -1.50. The maximum atomic E-state index is 5.31. The first-order valence-electron chi connectivity index (χ1n) is 7.88. The van der Waals surface area contributed by atoms with E-state index in [0.717, 1.165) is 37.7 Å². The molecule has 2 rings (SSSR count). The predicted octanol–water partition coefficient (Wildman–Crippen LogP) is 3.55. The van der Waals surface area contributed by atoms with Crippen LogP contribution in [-0.2, 0) is 12.8 Å². The highest BCUT2D eigenvalue weighted by atomic mass is 127. The van der Waals surface area contributed by atoms with Crippen LogP contribution in [0.1, 0.15) is 23.8 Å². The molecular formula is C18H26IN3O. The quantitative estimate of drug-likeness (QED) is 0.404. The van der Waals surface area contributed by atoms with Crippen molar-refractivity contribution in [3.8, 4) is 0 Å². The smallest absolute Gasteiger partial charge is 0.191 e. The van der Waals surface area contributed by atoms with Crippen molar-refractivity contribution in [3.63, 3.8) is 0 Å². The average Bonchev–Trinajstić information content (AvgIpc) is 3.02. The molecule has 1 aromatic carbocycles. The molecule has 2 aromatic rings. The normalized spacial score (nSPS) is 11.0. The Morgan fingerprint density at radius 3 is 2.52 bits per heavy atom. The number of benzene rings is 1. The number of halogens is 1. The van der Waals surface area contributed by atoms with Crippen molar-refractivity contribution in [2.75, 3.05) is 19.6 Å². The molecule has 0 saturated carbocycles. The summed E-state index contributed by atoms with van der Waals surface area (Å²) in [6.07, 6.45) is 3.51. The van der Waals surface area contributed by atoms with Gasteiger partial charge in [-0.1, -0.05) is 29.8 Å². The van der Waals surface area contributed by atoms with Crippen LogP contribution in [-0.4, -0.2) is 25.6 Å². The Labute approximate surface area is 155 Å². The lowest BCUT2D eigenvalue weighted by atomic mass is 10.1. The summed E-state index contributed by atoms with van der Waals surface area (Å²) in [6.45, 7) is 6.63. The van der Waals surface area contributed by atoms with Gasteiger partial charge in [-0.3, -0.25) is 4.99 Å². The Bertz CT molecular complexity index is 564. The minimum Gasteiger partial charge on any atom is -0.469 e. The molecule has 4 nitrogen and oxygen atoms in total. The van der Waals surface area contributed by atoms with Gasteiger partial charge in [0.1, 0.15) is 5.76 Å². The lowest BCUT2D eigenvalue weighted by Gasteiger charge is -2.11. The molecule has 1 heterocycles. The Morgan fingerprint density at radius 2 is 1.87 bits per heavy atom. The lowest BCUT2D eigenvalue weighted by molar-refractivity contribution is 0.510. The first-order valence-corrected chi connectivity index (χ1v) is 7.88. The van der Waals surface area contributed by atoms with E-state index in [2.05, 4.69) is 53.7 Å². The van der Waals surface area contributed by atoms with Gasteiger partial charge in [-0.25, -0.2) is 0 Å². The molecular weight excluding hydrogens is 401 g/mol. The molecule has 126 valence electrons. The highest BCUT2D eigenvalue weighted by molar-refractivity contribution is 14.0. The van der Waals surface area contributed by atoms with E-state index in [1.54, 1.807) is 6.26 Å². The van der Waals surface area contributed by atoms with E-state index in [1.807, 2.05) is 12.1 Å². The lowest BCUT2D eigenvalue weighted by Crippen LogP contribution is -2.38. The van der Waals surface area contributed by atoms with E-state index in [0.29, 0.717) is 6.54 Å². The van der Waals surface area contributed by atoms with E-state index >= 15 is 0 Å². The molecule has 0 aliphatic carbocycles. The molecule has 23 heavy (non-hydrogen) atoms. The zero-order valence-corrected chi connectivity index (χ0v) is 16.2. The molecule has 0 aliphatic heterocycles. The second-order valence-electron chi connectivity index (χ2n) is 5.25. The molecule has 0 amide bonds. The van der Waals surface area contributed by atoms with Crippen molar-refractivity contribution in [1.29, 1.82) is 0 Å². The number of hydrogen-bond acceptors (Lipinski definition) is 2. The largest absolute Gasteiger partial charge is 0.469 e. The van der Waals surface area contributed by atoms with Gasteiger partial charge >= 0.3 is 0 Å². The molecule has 0 saturated heterocycles. The first kappa shape index (κ1) is 19.5. The Balaban J connectivity index is 0.00000264. The van der Waals surface area contributed by atoms with Gasteiger partial charge in [0.2, 0.25) is 0 Å². The summed E-state index contributed by atoms with van der Waals surface area (Å²) in [6, 6.07) is 12.5. The van der Waals surface area contributed by atoms with Gasteiger partial charge in [-0.2, -0.15) is 0 Å². The van der Waals surface area contributed by atoms with E-state index in [4.69, 9.17) is 4.42 Å². The van der Waals surface area contributed by atoms with Crippen molar-refractivity contribution < 1.29 is 4.42 Å². The maximum absolute atomic E-state index is 5.31. The van der Waals surface area contributed by atoms with Crippen LogP contribution in [0.4, 0.5) is 0 Å². The molecule has 0 radical (unpaired) electrons. The average molecular weight is 427 g/mol. The molecule has 0 unspecified atom stereocenters. The van der Waals surface area contributed by atoms with Gasteiger partial charge in [0.15, 0.2) is 5.96 Å². The molecule has 0 aliphatic rings. The number of aryl methyl sites for hydroxylation is 1. The van der Waals surface area contributed by atoms with Crippen LogP contribution in [0.5, 0.6) is 0 Å². The molecule has 5 heteroatoms. The van der Waals surface area contributed by atoms with Gasteiger partial charge in [0.25, 0.3) is 0 Å². The third-order valence-corrected chi connectivity index (χ3v) is 3.38. The zero-order valence-electron chi connectivity index (χ0n) is 13.8. The van der Waals surface area contributed by atoms with Crippen LogP contribution in [0, 0.1) is 6.92 Å². The summed E-state index contributed by atoms with van der Waals surface area (Å²) in [5, 5.41) is 6.64. The highest BCUT2D eigenvalue weighted by Gasteiger charge is 1.99. The fourth-order valence-electron chi connectivity index (χ4n) is 2.15. The van der Waals surface area contributed by atoms with Crippen LogP contribution in [0.25, 0.3) is 0 Å². The van der Waals surface area contributed by atoms with E-state index < -0.39 is 0 Å². The van der Waals surface area contributed by atoms with E-state index in [9.17, 15) is 0 Å². The van der Waals surface area contributed by atoms with Crippen molar-refractivity contribution in [3.05, 3.63) is 59.5 Å². The van der Waals surface area contributed by atoms with Crippen LogP contribution >= 0.6 is 24.0 Å². The molecule has 0 atom stereocenters. The molecule has 0 bridgehead atoms. The second kappa shape index (κ2) is 11.1. The number of furan rings is 1. The van der Waals surface area contributed by atoms with Gasteiger partial charge in [-0.15, -0.1) is 24.0 Å². The number of aliphatic imine (C=N–C) groups is 1. The third kappa shape index (κ3) is 7.54. The zero-order chi connectivity index (χ0) is 15.6. The molecule has 1 aromatic heterocycles. The predicted molar refractivity (Wildman–Crippen MR) is 107 cm³/mol. The first-order chi connectivity index (χ1) is 10.8. The summed E-state index contributed by atoms with van der Waals surface area (Å²) in [5.74, 6) is 1.83. The number of guanidine groups is 1. The van der Waals surface area contributed by atoms with Crippen LogP contribution in [0.15, 0.2) is 52.1 Å². The molecule has 0 fully saturated rings. The second-order valence-corrected chi connectivity index (χ2v) is 5.25. The maximum Gasteiger partial charge on any atom is 0.191 e. The highest BCUT2D eigenvalue weighted by Crippen LogP contribution is 2.03. The SMILES string of the molecule is CCNC(=NCCc1ccco1)NCCc1ccc(C)cc1.I. The number of rotatable bonds is 7. The van der Waals surface area contributed by atoms with Crippen molar-refractivity contribution in [2.45, 2.75) is 26.7 Å². The standard InChI is InChI=1S/C18H25N3O.HI/c1-3-19-18(21-13-11-17-5-4-14-22-17)20-12-10-16-8-6-15(2)7-9-16;/h4-9,14H,3,10-13H2,1-2H3,(H2,19,20,21);1H. The van der Waals surface area contributed by atoms with Crippen LogP contribution in [0.3, 0.4) is 0 Å². The minimum atomic E-state index is 0. The topological polar surface area (TPSA) is 49.6 Å².